The number of imidazole rings is 1. The number of allylic oxidation sites excluding steroid dienone is 1. The maximum absolute atomic E-state index is 13.1. The monoisotopic (exact) mass is 413 g/mol. The van der Waals surface area contributed by atoms with Crippen molar-refractivity contribution < 1.29 is 14.7 Å². The van der Waals surface area contributed by atoms with Crippen LogP contribution in [-0.2, 0) is 16.1 Å². The van der Waals surface area contributed by atoms with Gasteiger partial charge in [0.1, 0.15) is 0 Å². The third kappa shape index (κ3) is 4.48. The summed E-state index contributed by atoms with van der Waals surface area (Å²) in [4.78, 5) is 31.6. The summed E-state index contributed by atoms with van der Waals surface area (Å²) in [6.07, 6.45) is 9.06. The molecule has 1 amide bonds. The number of benzene rings is 2. The summed E-state index contributed by atoms with van der Waals surface area (Å²) in [5.41, 5.74) is 1.78. The third-order valence-corrected chi connectivity index (χ3v) is 5.29. The Morgan fingerprint density at radius 1 is 1.03 bits per heavy atom. The van der Waals surface area contributed by atoms with E-state index in [0.29, 0.717) is 19.5 Å². The lowest BCUT2D eigenvalue weighted by Gasteiger charge is -2.26. The lowest BCUT2D eigenvalue weighted by Crippen LogP contribution is -2.32. The highest BCUT2D eigenvalue weighted by Crippen LogP contribution is 2.38. The molecule has 1 atom stereocenters. The van der Waals surface area contributed by atoms with Crippen molar-refractivity contribution >= 4 is 17.8 Å². The fourth-order valence-corrected chi connectivity index (χ4v) is 3.79. The van der Waals surface area contributed by atoms with Crippen LogP contribution in [-0.4, -0.2) is 37.8 Å². The normalized spacial score (nSPS) is 16.5. The average Bonchev–Trinajstić information content (AvgIpc) is 3.41. The van der Waals surface area contributed by atoms with Gasteiger partial charge in [-0.15, -0.1) is 0 Å². The van der Waals surface area contributed by atoms with E-state index in [1.807, 2.05) is 71.4 Å². The molecule has 31 heavy (non-hydrogen) atoms. The smallest absolute Gasteiger partial charge is 0.290 e. The van der Waals surface area contributed by atoms with Gasteiger partial charge in [-0.2, -0.15) is 0 Å². The van der Waals surface area contributed by atoms with E-state index in [0.717, 1.165) is 11.1 Å². The number of nitrogens with zero attached hydrogens (tertiary/aromatic N) is 3. The summed E-state index contributed by atoms with van der Waals surface area (Å²) in [6, 6.07) is 18.2. The molecule has 1 unspecified atom stereocenters. The molecule has 0 bridgehead atoms. The maximum Gasteiger partial charge on any atom is 0.290 e. The Morgan fingerprint density at radius 2 is 1.74 bits per heavy atom. The summed E-state index contributed by atoms with van der Waals surface area (Å²) in [7, 11) is 0. The first-order chi connectivity index (χ1) is 15.1. The Kier molecular flexibility index (Phi) is 6.08. The molecule has 0 saturated carbocycles. The molecule has 0 saturated heterocycles. The van der Waals surface area contributed by atoms with Crippen LogP contribution in [0.1, 0.15) is 23.6 Å². The lowest BCUT2D eigenvalue weighted by atomic mass is 9.95. The second-order valence-corrected chi connectivity index (χ2v) is 7.34. The Morgan fingerprint density at radius 3 is 2.42 bits per heavy atom. The molecule has 0 aliphatic carbocycles. The van der Waals surface area contributed by atoms with Crippen molar-refractivity contribution in [2.75, 3.05) is 6.54 Å². The van der Waals surface area contributed by atoms with Gasteiger partial charge in [-0.25, -0.2) is 4.98 Å². The van der Waals surface area contributed by atoms with Crippen molar-refractivity contribution in [3.8, 4) is 0 Å². The first-order valence-corrected chi connectivity index (χ1v) is 10.2. The molecule has 1 N–H and O–H groups in total. The predicted octanol–water partition coefficient (Wildman–Crippen LogP) is 3.95. The van der Waals surface area contributed by atoms with Gasteiger partial charge in [0.05, 0.1) is 17.9 Å². The van der Waals surface area contributed by atoms with Crippen molar-refractivity contribution in [2.45, 2.75) is 19.0 Å². The van der Waals surface area contributed by atoms with Crippen LogP contribution >= 0.6 is 0 Å². The van der Waals surface area contributed by atoms with Gasteiger partial charge in [0.25, 0.3) is 5.91 Å². The Bertz CT molecular complexity index is 1100. The van der Waals surface area contributed by atoms with E-state index in [9.17, 15) is 14.7 Å². The minimum Gasteiger partial charge on any atom is -0.503 e. The molecule has 0 spiro atoms. The minimum absolute atomic E-state index is 0.117. The lowest BCUT2D eigenvalue weighted by molar-refractivity contribution is -0.129. The van der Waals surface area contributed by atoms with Gasteiger partial charge in [-0.1, -0.05) is 66.7 Å². The van der Waals surface area contributed by atoms with Crippen molar-refractivity contribution in [1.29, 1.82) is 0 Å². The number of aryl methyl sites for hydroxylation is 1. The van der Waals surface area contributed by atoms with Gasteiger partial charge < -0.3 is 14.6 Å². The quantitative estimate of drug-likeness (QED) is 0.568. The van der Waals surface area contributed by atoms with Gasteiger partial charge in [0, 0.05) is 25.5 Å². The van der Waals surface area contributed by atoms with Crippen molar-refractivity contribution in [3.05, 3.63) is 108 Å². The molecule has 0 radical (unpaired) electrons. The molecule has 2 heterocycles. The molecule has 0 fully saturated rings. The number of aliphatic hydroxyl groups is 1. The van der Waals surface area contributed by atoms with Crippen LogP contribution in [0.25, 0.3) is 6.08 Å². The summed E-state index contributed by atoms with van der Waals surface area (Å²) in [5.74, 6) is -1.36. The number of ketones is 1. The molecule has 2 aromatic carbocycles. The largest absolute Gasteiger partial charge is 0.503 e. The zero-order valence-electron chi connectivity index (χ0n) is 17.0. The summed E-state index contributed by atoms with van der Waals surface area (Å²) >= 11 is 0. The first-order valence-electron chi connectivity index (χ1n) is 10.2. The number of hydrogen-bond acceptors (Lipinski definition) is 4. The molecular formula is C25H23N3O3. The van der Waals surface area contributed by atoms with E-state index >= 15 is 0 Å². The summed E-state index contributed by atoms with van der Waals surface area (Å²) in [6.45, 7) is 1.09. The van der Waals surface area contributed by atoms with E-state index < -0.39 is 17.7 Å². The number of amides is 1. The van der Waals surface area contributed by atoms with Crippen molar-refractivity contribution in [1.82, 2.24) is 14.5 Å². The SMILES string of the molecule is O=C(/C=C/c1ccccc1)C1=C(O)C(=O)N(CCCn2ccnc2)C1c1ccccc1. The van der Waals surface area contributed by atoms with Gasteiger partial charge in [0.2, 0.25) is 0 Å². The molecule has 6 heteroatoms. The number of hydrogen-bond donors (Lipinski definition) is 1. The van der Waals surface area contributed by atoms with Crippen LogP contribution in [0.3, 0.4) is 0 Å². The van der Waals surface area contributed by atoms with E-state index in [4.69, 9.17) is 0 Å². The zero-order valence-corrected chi connectivity index (χ0v) is 17.0. The second kappa shape index (κ2) is 9.26. The van der Waals surface area contributed by atoms with E-state index in [2.05, 4.69) is 4.98 Å². The standard InChI is InChI=1S/C25H23N3O3/c29-21(13-12-19-8-3-1-4-9-19)22-23(20-10-5-2-6-11-20)28(25(31)24(22)30)16-7-15-27-17-14-26-18-27/h1-6,8-14,17-18,23,30H,7,15-16H2/b13-12+. The highest BCUT2D eigenvalue weighted by molar-refractivity contribution is 6.14. The Labute approximate surface area is 180 Å². The maximum atomic E-state index is 13.1. The van der Waals surface area contributed by atoms with E-state index in [-0.39, 0.29) is 11.4 Å². The van der Waals surface area contributed by atoms with Crippen LogP contribution in [0.15, 0.2) is 96.8 Å². The molecule has 1 aliphatic rings. The Hall–Kier alpha value is -3.93. The highest BCUT2D eigenvalue weighted by atomic mass is 16.3. The average molecular weight is 413 g/mol. The van der Waals surface area contributed by atoms with Gasteiger partial charge >= 0.3 is 0 Å². The third-order valence-electron chi connectivity index (χ3n) is 5.29. The van der Waals surface area contributed by atoms with Crippen molar-refractivity contribution in [3.63, 3.8) is 0 Å². The molecule has 156 valence electrons. The fourth-order valence-electron chi connectivity index (χ4n) is 3.79. The fraction of sp³-hybridized carbons (Fsp3) is 0.160. The number of carbonyl (C=O) groups is 2. The molecule has 6 nitrogen and oxygen atoms in total. The van der Waals surface area contributed by atoms with Crippen LogP contribution in [0.4, 0.5) is 0 Å². The van der Waals surface area contributed by atoms with E-state index in [1.54, 1.807) is 23.5 Å². The summed E-state index contributed by atoms with van der Waals surface area (Å²) < 4.78 is 1.93. The molecule has 1 aliphatic heterocycles. The second-order valence-electron chi connectivity index (χ2n) is 7.34. The minimum atomic E-state index is -0.621. The number of carbonyl (C=O) groups excluding carboxylic acids is 2. The molecule has 1 aromatic heterocycles. The molecule has 4 rings (SSSR count). The topological polar surface area (TPSA) is 75.4 Å². The van der Waals surface area contributed by atoms with E-state index in [1.165, 1.54) is 6.08 Å². The van der Waals surface area contributed by atoms with Gasteiger partial charge in [0.15, 0.2) is 11.5 Å². The molecule has 3 aromatic rings. The molecular weight excluding hydrogens is 390 g/mol. The number of rotatable bonds is 8. The van der Waals surface area contributed by atoms with Gasteiger partial charge in [-0.05, 0) is 23.6 Å². The van der Waals surface area contributed by atoms with Crippen molar-refractivity contribution in [2.24, 2.45) is 0 Å². The summed E-state index contributed by atoms with van der Waals surface area (Å²) in [5, 5.41) is 10.6. The van der Waals surface area contributed by atoms with Crippen LogP contribution in [0, 0.1) is 0 Å². The zero-order chi connectivity index (χ0) is 21.6. The predicted molar refractivity (Wildman–Crippen MR) is 118 cm³/mol. The highest BCUT2D eigenvalue weighted by Gasteiger charge is 2.42. The van der Waals surface area contributed by atoms with Crippen LogP contribution in [0.5, 0.6) is 0 Å². The first kappa shape index (κ1) is 20.3. The number of aromatic nitrogens is 2. The Balaban J connectivity index is 1.59. The number of aliphatic hydroxyl groups excluding tert-OH is 1. The van der Waals surface area contributed by atoms with Crippen LogP contribution < -0.4 is 0 Å². The van der Waals surface area contributed by atoms with Crippen LogP contribution in [0.2, 0.25) is 0 Å². The van der Waals surface area contributed by atoms with Gasteiger partial charge in [-0.3, -0.25) is 9.59 Å².